The lowest BCUT2D eigenvalue weighted by Gasteiger charge is -2.22. The van der Waals surface area contributed by atoms with E-state index in [0.717, 1.165) is 17.8 Å². The Morgan fingerprint density at radius 1 is 1.20 bits per heavy atom. The van der Waals surface area contributed by atoms with Gasteiger partial charge in [-0.15, -0.1) is 0 Å². The summed E-state index contributed by atoms with van der Waals surface area (Å²) >= 11 is 0. The van der Waals surface area contributed by atoms with E-state index < -0.39 is 0 Å². The van der Waals surface area contributed by atoms with Gasteiger partial charge in [0.25, 0.3) is 0 Å². The van der Waals surface area contributed by atoms with E-state index in [-0.39, 0.29) is 0 Å². The molecule has 0 saturated carbocycles. The molecule has 0 fully saturated rings. The van der Waals surface area contributed by atoms with Crippen molar-refractivity contribution in [3.05, 3.63) is 12.2 Å². The van der Waals surface area contributed by atoms with Crippen LogP contribution in [-0.2, 0) is 0 Å². The normalized spacial score (nSPS) is 33.2. The van der Waals surface area contributed by atoms with Crippen molar-refractivity contribution >= 4 is 0 Å². The van der Waals surface area contributed by atoms with Gasteiger partial charge in [-0.2, -0.15) is 0 Å². The number of rotatable bonds is 1. The highest BCUT2D eigenvalue weighted by molar-refractivity contribution is 4.97. The third-order valence-corrected chi connectivity index (χ3v) is 2.50. The summed E-state index contributed by atoms with van der Waals surface area (Å²) in [4.78, 5) is 0. The second kappa shape index (κ2) is 3.23. The van der Waals surface area contributed by atoms with E-state index in [1.807, 2.05) is 0 Å². The van der Waals surface area contributed by atoms with Gasteiger partial charge in [0, 0.05) is 0 Å². The Balaban J connectivity index is 2.45. The Labute approximate surface area is 64.3 Å². The van der Waals surface area contributed by atoms with E-state index in [2.05, 4.69) is 32.9 Å². The molecule has 0 unspecified atom stereocenters. The van der Waals surface area contributed by atoms with Crippen molar-refractivity contribution in [2.45, 2.75) is 33.6 Å². The first kappa shape index (κ1) is 7.84. The molecule has 0 aromatic heterocycles. The smallest absolute Gasteiger partial charge is 0.0210 e. The number of hydrogen-bond donors (Lipinski definition) is 0. The molecule has 10 heavy (non-hydrogen) atoms. The summed E-state index contributed by atoms with van der Waals surface area (Å²) < 4.78 is 0. The van der Waals surface area contributed by atoms with Crippen LogP contribution in [0.4, 0.5) is 0 Å². The van der Waals surface area contributed by atoms with Crippen molar-refractivity contribution in [3.63, 3.8) is 0 Å². The first-order chi connectivity index (χ1) is 4.70. The molecular weight excluding hydrogens is 120 g/mol. The Morgan fingerprint density at radius 2 is 1.90 bits per heavy atom. The summed E-state index contributed by atoms with van der Waals surface area (Å²) in [5.41, 5.74) is 0. The van der Waals surface area contributed by atoms with E-state index in [1.165, 1.54) is 12.8 Å². The van der Waals surface area contributed by atoms with Gasteiger partial charge in [0.2, 0.25) is 0 Å². The zero-order valence-corrected chi connectivity index (χ0v) is 7.30. The minimum absolute atomic E-state index is 0.829. The summed E-state index contributed by atoms with van der Waals surface area (Å²) in [5, 5.41) is 0. The van der Waals surface area contributed by atoms with Crippen LogP contribution in [0.1, 0.15) is 33.6 Å². The molecular formula is C10H18. The largest absolute Gasteiger partial charge is 0.0854 e. The van der Waals surface area contributed by atoms with Crippen molar-refractivity contribution < 1.29 is 0 Å². The van der Waals surface area contributed by atoms with E-state index >= 15 is 0 Å². The second-order valence-corrected chi connectivity index (χ2v) is 3.85. The molecule has 0 saturated heterocycles. The van der Waals surface area contributed by atoms with Crippen molar-refractivity contribution in [1.82, 2.24) is 0 Å². The van der Waals surface area contributed by atoms with Gasteiger partial charge in [0.05, 0.1) is 0 Å². The molecule has 0 N–H and O–H groups in total. The van der Waals surface area contributed by atoms with Gasteiger partial charge in [-0.3, -0.25) is 0 Å². The highest BCUT2D eigenvalue weighted by atomic mass is 14.2. The molecule has 1 aliphatic carbocycles. The lowest BCUT2D eigenvalue weighted by Crippen LogP contribution is -2.11. The maximum absolute atomic E-state index is 2.40. The Bertz CT molecular complexity index is 122. The van der Waals surface area contributed by atoms with Gasteiger partial charge in [-0.05, 0) is 30.6 Å². The Kier molecular flexibility index (Phi) is 2.53. The molecule has 0 aromatic carbocycles. The Morgan fingerprint density at radius 3 is 2.30 bits per heavy atom. The topological polar surface area (TPSA) is 0 Å². The van der Waals surface area contributed by atoms with Crippen molar-refractivity contribution in [2.24, 2.45) is 17.8 Å². The standard InChI is InChI=1S/C10H18/c1-8(2)10-6-4-9(3)5-7-10/h4,6,8-10H,5,7H2,1-3H3/t9-,10+/m0/s1. The average Bonchev–Trinajstić information content (AvgIpc) is 1.88. The Hall–Kier alpha value is -0.260. The molecule has 2 atom stereocenters. The van der Waals surface area contributed by atoms with E-state index in [0.29, 0.717) is 0 Å². The summed E-state index contributed by atoms with van der Waals surface area (Å²) in [7, 11) is 0. The average molecular weight is 138 g/mol. The number of hydrogen-bond acceptors (Lipinski definition) is 0. The third kappa shape index (κ3) is 1.86. The summed E-state index contributed by atoms with van der Waals surface area (Å²) in [6.45, 7) is 6.92. The van der Waals surface area contributed by atoms with Crippen LogP contribution in [-0.4, -0.2) is 0 Å². The molecule has 1 rings (SSSR count). The first-order valence-corrected chi connectivity index (χ1v) is 4.38. The van der Waals surface area contributed by atoms with Crippen LogP contribution >= 0.6 is 0 Å². The fraction of sp³-hybridized carbons (Fsp3) is 0.800. The molecule has 0 spiro atoms. The zero-order chi connectivity index (χ0) is 7.56. The van der Waals surface area contributed by atoms with Crippen LogP contribution in [0, 0.1) is 17.8 Å². The van der Waals surface area contributed by atoms with E-state index in [9.17, 15) is 0 Å². The van der Waals surface area contributed by atoms with Gasteiger partial charge in [0.15, 0.2) is 0 Å². The minimum Gasteiger partial charge on any atom is -0.0854 e. The molecule has 0 bridgehead atoms. The summed E-state index contributed by atoms with van der Waals surface area (Å²) in [5.74, 6) is 2.52. The van der Waals surface area contributed by atoms with Gasteiger partial charge in [-0.1, -0.05) is 32.9 Å². The van der Waals surface area contributed by atoms with Crippen LogP contribution in [0.3, 0.4) is 0 Å². The lowest BCUT2D eigenvalue weighted by molar-refractivity contribution is 0.383. The molecule has 0 aliphatic heterocycles. The van der Waals surface area contributed by atoms with Crippen LogP contribution in [0.2, 0.25) is 0 Å². The second-order valence-electron chi connectivity index (χ2n) is 3.85. The SMILES string of the molecule is CC(C)[C@@H]1C=C[C@H](C)CC1. The summed E-state index contributed by atoms with van der Waals surface area (Å²) in [6, 6.07) is 0. The fourth-order valence-corrected chi connectivity index (χ4v) is 1.54. The van der Waals surface area contributed by atoms with Crippen LogP contribution in [0.5, 0.6) is 0 Å². The highest BCUT2D eigenvalue weighted by Crippen LogP contribution is 2.26. The lowest BCUT2D eigenvalue weighted by atomic mass is 9.83. The molecule has 0 radical (unpaired) electrons. The number of allylic oxidation sites excluding steroid dienone is 2. The first-order valence-electron chi connectivity index (χ1n) is 4.38. The van der Waals surface area contributed by atoms with Crippen molar-refractivity contribution in [3.8, 4) is 0 Å². The molecule has 0 heterocycles. The van der Waals surface area contributed by atoms with Crippen LogP contribution in [0.25, 0.3) is 0 Å². The predicted molar refractivity (Wildman–Crippen MR) is 45.9 cm³/mol. The van der Waals surface area contributed by atoms with E-state index in [1.54, 1.807) is 0 Å². The quantitative estimate of drug-likeness (QED) is 0.488. The van der Waals surface area contributed by atoms with Gasteiger partial charge in [0.1, 0.15) is 0 Å². The molecule has 0 amide bonds. The fourth-order valence-electron chi connectivity index (χ4n) is 1.54. The van der Waals surface area contributed by atoms with Gasteiger partial charge >= 0.3 is 0 Å². The van der Waals surface area contributed by atoms with Crippen LogP contribution in [0.15, 0.2) is 12.2 Å². The van der Waals surface area contributed by atoms with Gasteiger partial charge < -0.3 is 0 Å². The molecule has 58 valence electrons. The monoisotopic (exact) mass is 138 g/mol. The predicted octanol–water partition coefficient (Wildman–Crippen LogP) is 3.24. The molecule has 1 aliphatic rings. The maximum Gasteiger partial charge on any atom is -0.0210 e. The molecule has 0 nitrogen and oxygen atoms in total. The van der Waals surface area contributed by atoms with Crippen molar-refractivity contribution in [2.75, 3.05) is 0 Å². The van der Waals surface area contributed by atoms with E-state index in [4.69, 9.17) is 0 Å². The zero-order valence-electron chi connectivity index (χ0n) is 7.30. The summed E-state index contributed by atoms with van der Waals surface area (Å²) in [6.07, 6.45) is 7.56. The maximum atomic E-state index is 2.40. The highest BCUT2D eigenvalue weighted by Gasteiger charge is 2.14. The van der Waals surface area contributed by atoms with Crippen molar-refractivity contribution in [1.29, 1.82) is 0 Å². The van der Waals surface area contributed by atoms with Gasteiger partial charge in [-0.25, -0.2) is 0 Å². The van der Waals surface area contributed by atoms with Crippen LogP contribution < -0.4 is 0 Å². The third-order valence-electron chi connectivity index (χ3n) is 2.50. The minimum atomic E-state index is 0.829. The molecule has 0 heteroatoms. The molecule has 0 aromatic rings.